The maximum Gasteiger partial charge on any atom is 0.0221 e. The van der Waals surface area contributed by atoms with Crippen molar-refractivity contribution in [2.45, 2.75) is 46.1 Å². The summed E-state index contributed by atoms with van der Waals surface area (Å²) in [5.41, 5.74) is 0. The first kappa shape index (κ1) is 14.9. The van der Waals surface area contributed by atoms with E-state index in [1.807, 2.05) is 0 Å². The van der Waals surface area contributed by atoms with Crippen LogP contribution in [0.1, 0.15) is 40.0 Å². The Bertz CT molecular complexity index is 174. The fourth-order valence-electron chi connectivity index (χ4n) is 2.78. The quantitative estimate of drug-likeness (QED) is 0.699. The Morgan fingerprint density at radius 1 is 1.06 bits per heavy atom. The number of nitrogens with zero attached hydrogens (tertiary/aromatic N) is 2. The predicted molar refractivity (Wildman–Crippen MR) is 75.5 cm³/mol. The lowest BCUT2D eigenvalue weighted by Gasteiger charge is -2.34. The Balaban J connectivity index is 2.21. The van der Waals surface area contributed by atoms with Crippen LogP contribution in [-0.4, -0.2) is 61.7 Å². The molecule has 0 aromatic heterocycles. The van der Waals surface area contributed by atoms with Gasteiger partial charge in [-0.15, -0.1) is 0 Å². The van der Waals surface area contributed by atoms with Gasteiger partial charge in [-0.3, -0.25) is 4.90 Å². The van der Waals surface area contributed by atoms with Gasteiger partial charge in [-0.05, 0) is 58.5 Å². The van der Waals surface area contributed by atoms with Gasteiger partial charge in [0, 0.05) is 12.6 Å². The Hall–Kier alpha value is -0.120. The van der Waals surface area contributed by atoms with Crippen LogP contribution in [0.3, 0.4) is 0 Å². The van der Waals surface area contributed by atoms with Gasteiger partial charge in [-0.1, -0.05) is 20.8 Å². The molecule has 1 aliphatic heterocycles. The Kier molecular flexibility index (Phi) is 7.82. The first-order valence-electron chi connectivity index (χ1n) is 7.48. The molecular weight excluding hydrogens is 210 g/mol. The molecule has 1 unspecified atom stereocenters. The molecular formula is C14H31N3. The molecule has 102 valence electrons. The molecule has 1 atom stereocenters. The van der Waals surface area contributed by atoms with E-state index in [1.165, 1.54) is 65.1 Å². The summed E-state index contributed by atoms with van der Waals surface area (Å²) in [6.45, 7) is 15.3. The van der Waals surface area contributed by atoms with E-state index < -0.39 is 0 Å². The van der Waals surface area contributed by atoms with E-state index in [9.17, 15) is 0 Å². The van der Waals surface area contributed by atoms with Gasteiger partial charge in [0.15, 0.2) is 0 Å². The molecule has 3 heteroatoms. The molecule has 0 aliphatic carbocycles. The highest BCUT2D eigenvalue weighted by Gasteiger charge is 2.18. The number of likely N-dealkylation sites (N-methyl/N-ethyl adjacent to an activating group) is 1. The van der Waals surface area contributed by atoms with E-state index in [4.69, 9.17) is 0 Å². The lowest BCUT2D eigenvalue weighted by atomic mass is 10.1. The van der Waals surface area contributed by atoms with Crippen LogP contribution in [0, 0.1) is 0 Å². The van der Waals surface area contributed by atoms with Gasteiger partial charge in [0.05, 0.1) is 0 Å². The first-order valence-corrected chi connectivity index (χ1v) is 7.48. The molecule has 0 spiro atoms. The van der Waals surface area contributed by atoms with E-state index in [-0.39, 0.29) is 0 Å². The Morgan fingerprint density at radius 3 is 2.35 bits per heavy atom. The van der Waals surface area contributed by atoms with E-state index >= 15 is 0 Å². The van der Waals surface area contributed by atoms with Crippen molar-refractivity contribution in [2.75, 3.05) is 45.8 Å². The second kappa shape index (κ2) is 8.90. The summed E-state index contributed by atoms with van der Waals surface area (Å²) in [5.74, 6) is 0. The monoisotopic (exact) mass is 241 g/mol. The molecule has 0 amide bonds. The number of hydrogen-bond acceptors (Lipinski definition) is 3. The molecule has 0 aromatic rings. The van der Waals surface area contributed by atoms with Gasteiger partial charge < -0.3 is 10.2 Å². The van der Waals surface area contributed by atoms with Gasteiger partial charge in [0.1, 0.15) is 0 Å². The molecule has 1 rings (SSSR count). The predicted octanol–water partition coefficient (Wildman–Crippen LogP) is 1.79. The minimum atomic E-state index is 0.783. The highest BCUT2D eigenvalue weighted by Crippen LogP contribution is 2.10. The highest BCUT2D eigenvalue weighted by molar-refractivity contribution is 4.77. The van der Waals surface area contributed by atoms with Crippen LogP contribution in [0.4, 0.5) is 0 Å². The maximum atomic E-state index is 3.52. The first-order chi connectivity index (χ1) is 8.31. The fraction of sp³-hybridized carbons (Fsp3) is 1.00. The molecule has 1 saturated heterocycles. The van der Waals surface area contributed by atoms with Crippen LogP contribution in [-0.2, 0) is 0 Å². The minimum absolute atomic E-state index is 0.783. The number of hydrogen-bond donors (Lipinski definition) is 1. The van der Waals surface area contributed by atoms with Gasteiger partial charge >= 0.3 is 0 Å². The SMILES string of the molecule is CCN(CC)CCCN(CC)C1CCCNC1. The van der Waals surface area contributed by atoms with Crippen LogP contribution in [0.5, 0.6) is 0 Å². The third kappa shape index (κ3) is 5.36. The smallest absolute Gasteiger partial charge is 0.0221 e. The van der Waals surface area contributed by atoms with Gasteiger partial charge in [-0.25, -0.2) is 0 Å². The van der Waals surface area contributed by atoms with E-state index in [0.717, 1.165) is 6.04 Å². The summed E-state index contributed by atoms with van der Waals surface area (Å²) in [7, 11) is 0. The molecule has 0 aromatic carbocycles. The number of piperidine rings is 1. The second-order valence-electron chi connectivity index (χ2n) is 5.01. The molecule has 1 fully saturated rings. The summed E-state index contributed by atoms with van der Waals surface area (Å²) in [5, 5.41) is 3.52. The van der Waals surface area contributed by atoms with Crippen molar-refractivity contribution in [3.8, 4) is 0 Å². The average Bonchev–Trinajstić information content (AvgIpc) is 2.40. The zero-order valence-corrected chi connectivity index (χ0v) is 12.0. The fourth-order valence-corrected chi connectivity index (χ4v) is 2.78. The van der Waals surface area contributed by atoms with Crippen LogP contribution >= 0.6 is 0 Å². The zero-order valence-electron chi connectivity index (χ0n) is 12.0. The van der Waals surface area contributed by atoms with Crippen molar-refractivity contribution < 1.29 is 0 Å². The van der Waals surface area contributed by atoms with E-state index in [0.29, 0.717) is 0 Å². The van der Waals surface area contributed by atoms with E-state index in [2.05, 4.69) is 35.9 Å². The van der Waals surface area contributed by atoms with Gasteiger partial charge in [0.25, 0.3) is 0 Å². The minimum Gasteiger partial charge on any atom is -0.315 e. The van der Waals surface area contributed by atoms with Crippen molar-refractivity contribution in [3.05, 3.63) is 0 Å². The number of rotatable bonds is 8. The lowest BCUT2D eigenvalue weighted by molar-refractivity contribution is 0.163. The van der Waals surface area contributed by atoms with Crippen molar-refractivity contribution in [3.63, 3.8) is 0 Å². The van der Waals surface area contributed by atoms with Crippen LogP contribution in [0.2, 0.25) is 0 Å². The molecule has 17 heavy (non-hydrogen) atoms. The third-order valence-electron chi connectivity index (χ3n) is 4.01. The molecule has 0 saturated carbocycles. The number of nitrogens with one attached hydrogen (secondary N) is 1. The second-order valence-corrected chi connectivity index (χ2v) is 5.01. The van der Waals surface area contributed by atoms with Crippen molar-refractivity contribution in [1.29, 1.82) is 0 Å². The van der Waals surface area contributed by atoms with Crippen LogP contribution in [0.15, 0.2) is 0 Å². The summed E-state index contributed by atoms with van der Waals surface area (Å²) < 4.78 is 0. The molecule has 3 nitrogen and oxygen atoms in total. The van der Waals surface area contributed by atoms with Crippen molar-refractivity contribution in [1.82, 2.24) is 15.1 Å². The Labute approximate surface area is 108 Å². The van der Waals surface area contributed by atoms with Crippen molar-refractivity contribution >= 4 is 0 Å². The summed E-state index contributed by atoms with van der Waals surface area (Å²) in [6, 6.07) is 0.783. The maximum absolute atomic E-state index is 3.52. The topological polar surface area (TPSA) is 18.5 Å². The summed E-state index contributed by atoms with van der Waals surface area (Å²) in [6.07, 6.45) is 4.04. The largest absolute Gasteiger partial charge is 0.315 e. The van der Waals surface area contributed by atoms with Crippen LogP contribution in [0.25, 0.3) is 0 Å². The summed E-state index contributed by atoms with van der Waals surface area (Å²) >= 11 is 0. The Morgan fingerprint density at radius 2 is 1.82 bits per heavy atom. The van der Waals surface area contributed by atoms with E-state index in [1.54, 1.807) is 0 Å². The average molecular weight is 241 g/mol. The molecule has 1 heterocycles. The third-order valence-corrected chi connectivity index (χ3v) is 4.01. The van der Waals surface area contributed by atoms with Gasteiger partial charge in [-0.2, -0.15) is 0 Å². The normalized spacial score (nSPS) is 21.4. The van der Waals surface area contributed by atoms with Gasteiger partial charge in [0.2, 0.25) is 0 Å². The van der Waals surface area contributed by atoms with Crippen molar-refractivity contribution in [2.24, 2.45) is 0 Å². The lowest BCUT2D eigenvalue weighted by Crippen LogP contribution is -2.46. The molecule has 1 aliphatic rings. The standard InChI is InChI=1S/C14H31N3/c1-4-16(5-2)11-8-12-17(6-3)14-9-7-10-15-13-14/h14-15H,4-13H2,1-3H3. The molecule has 0 bridgehead atoms. The van der Waals surface area contributed by atoms with Crippen LogP contribution < -0.4 is 5.32 Å². The molecule has 0 radical (unpaired) electrons. The zero-order chi connectivity index (χ0) is 12.5. The highest BCUT2D eigenvalue weighted by atomic mass is 15.2. The summed E-state index contributed by atoms with van der Waals surface area (Å²) in [4.78, 5) is 5.18. The molecule has 1 N–H and O–H groups in total.